The van der Waals surface area contributed by atoms with E-state index in [-0.39, 0.29) is 6.54 Å². The maximum Gasteiger partial charge on any atom is 0.408 e. The zero-order valence-electron chi connectivity index (χ0n) is 22.8. The first kappa shape index (κ1) is 30.6. The van der Waals surface area contributed by atoms with Gasteiger partial charge in [-0.3, -0.25) is 14.4 Å². The number of nitrogens with zero attached hydrogens (tertiary/aromatic N) is 1. The number of aryl methyl sites for hydroxylation is 2. The van der Waals surface area contributed by atoms with E-state index in [2.05, 4.69) is 10.6 Å². The minimum atomic E-state index is -1.34. The molecule has 0 aromatic heterocycles. The van der Waals surface area contributed by atoms with Crippen molar-refractivity contribution < 1.29 is 23.9 Å². The number of hydrogen-bond acceptors (Lipinski definition) is 5. The molecule has 4 N–H and O–H groups in total. The van der Waals surface area contributed by atoms with Crippen molar-refractivity contribution in [2.75, 3.05) is 11.9 Å². The van der Waals surface area contributed by atoms with Gasteiger partial charge in [-0.2, -0.15) is 0 Å². The molecule has 0 saturated heterocycles. The third-order valence-electron chi connectivity index (χ3n) is 5.53. The summed E-state index contributed by atoms with van der Waals surface area (Å²) < 4.78 is 5.29. The third-order valence-corrected chi connectivity index (χ3v) is 5.84. The van der Waals surface area contributed by atoms with Gasteiger partial charge < -0.3 is 26.0 Å². The maximum absolute atomic E-state index is 13.9. The molecular formula is C28H37ClN4O5. The highest BCUT2D eigenvalue weighted by atomic mass is 35.5. The molecular weight excluding hydrogens is 508 g/mol. The van der Waals surface area contributed by atoms with Gasteiger partial charge in [-0.05, 0) is 58.2 Å². The van der Waals surface area contributed by atoms with Crippen molar-refractivity contribution in [1.29, 1.82) is 0 Å². The van der Waals surface area contributed by atoms with Crippen LogP contribution in [-0.4, -0.2) is 46.9 Å². The second-order valence-corrected chi connectivity index (χ2v) is 10.5. The fourth-order valence-corrected chi connectivity index (χ4v) is 4.22. The van der Waals surface area contributed by atoms with E-state index >= 15 is 0 Å². The highest BCUT2D eigenvalue weighted by Gasteiger charge is 2.37. The Balaban J connectivity index is 2.55. The Hall–Kier alpha value is -3.59. The molecule has 0 saturated carbocycles. The molecule has 0 heterocycles. The van der Waals surface area contributed by atoms with Gasteiger partial charge in [-0.15, -0.1) is 0 Å². The first-order valence-corrected chi connectivity index (χ1v) is 12.8. The van der Waals surface area contributed by atoms with Gasteiger partial charge in [0.15, 0.2) is 0 Å². The number of rotatable bonds is 10. The van der Waals surface area contributed by atoms with Crippen molar-refractivity contribution in [3.8, 4) is 0 Å². The van der Waals surface area contributed by atoms with Gasteiger partial charge in [0.05, 0.1) is 17.1 Å². The summed E-state index contributed by atoms with van der Waals surface area (Å²) in [5.74, 6) is -1.93. The Bertz CT molecular complexity index is 1160. The van der Waals surface area contributed by atoms with E-state index in [1.54, 1.807) is 45.0 Å². The Morgan fingerprint density at radius 1 is 1.08 bits per heavy atom. The Morgan fingerprint density at radius 2 is 1.74 bits per heavy atom. The van der Waals surface area contributed by atoms with Crippen LogP contribution in [0.25, 0.3) is 0 Å². The monoisotopic (exact) mass is 544 g/mol. The summed E-state index contributed by atoms with van der Waals surface area (Å²) >= 11 is 6.36. The number of amides is 4. The number of benzene rings is 2. The molecule has 0 radical (unpaired) electrons. The number of primary amides is 1. The number of carbonyl (C=O) groups is 4. The lowest BCUT2D eigenvalue weighted by Crippen LogP contribution is -2.53. The van der Waals surface area contributed by atoms with Gasteiger partial charge in [0, 0.05) is 6.54 Å². The molecule has 0 aliphatic carbocycles. The normalized spacial score (nSPS) is 12.7. The standard InChI is InChI=1S/C28H37ClN4O5/c1-7-14-33(26(36)21(16-22(30)34)31-27(37)38-28(4,5)6)24(19-12-8-10-17(2)15-19)25(35)32-23-18(3)11-9-13-20(23)29/h8-13,15,21,24H,7,14,16H2,1-6H3,(H2,30,34)(H,31,37)(H,32,35). The summed E-state index contributed by atoms with van der Waals surface area (Å²) in [6.07, 6.45) is -0.844. The zero-order chi connectivity index (χ0) is 28.6. The van der Waals surface area contributed by atoms with Gasteiger partial charge >= 0.3 is 6.09 Å². The van der Waals surface area contributed by atoms with E-state index in [0.29, 0.717) is 22.7 Å². The van der Waals surface area contributed by atoms with Crippen LogP contribution in [0, 0.1) is 13.8 Å². The second-order valence-electron chi connectivity index (χ2n) is 10.1. The summed E-state index contributed by atoms with van der Waals surface area (Å²) in [5, 5.41) is 5.69. The molecule has 0 aliphatic rings. The average Bonchev–Trinajstić information content (AvgIpc) is 2.79. The Labute approximate surface area is 229 Å². The van der Waals surface area contributed by atoms with Crippen LogP contribution in [0.3, 0.4) is 0 Å². The predicted molar refractivity (Wildman–Crippen MR) is 148 cm³/mol. The van der Waals surface area contributed by atoms with E-state index in [9.17, 15) is 19.2 Å². The van der Waals surface area contributed by atoms with Crippen LogP contribution in [0.4, 0.5) is 10.5 Å². The van der Waals surface area contributed by atoms with Crippen molar-refractivity contribution in [3.63, 3.8) is 0 Å². The molecule has 2 aromatic rings. The van der Waals surface area contributed by atoms with Crippen LogP contribution in [0.5, 0.6) is 0 Å². The molecule has 38 heavy (non-hydrogen) atoms. The highest BCUT2D eigenvalue weighted by Crippen LogP contribution is 2.30. The molecule has 206 valence electrons. The van der Waals surface area contributed by atoms with Gasteiger partial charge in [-0.25, -0.2) is 4.79 Å². The number of para-hydroxylation sites is 1. The highest BCUT2D eigenvalue weighted by molar-refractivity contribution is 6.34. The molecule has 0 aliphatic heterocycles. The van der Waals surface area contributed by atoms with Crippen LogP contribution in [0.2, 0.25) is 5.02 Å². The quantitative estimate of drug-likeness (QED) is 0.401. The largest absolute Gasteiger partial charge is 0.444 e. The molecule has 10 heteroatoms. The molecule has 9 nitrogen and oxygen atoms in total. The Kier molecular flexibility index (Phi) is 10.7. The molecule has 4 amide bonds. The lowest BCUT2D eigenvalue weighted by Gasteiger charge is -2.34. The topological polar surface area (TPSA) is 131 Å². The summed E-state index contributed by atoms with van der Waals surface area (Å²) in [6, 6.07) is 10.0. The number of anilines is 1. The van der Waals surface area contributed by atoms with Crippen molar-refractivity contribution in [2.45, 2.75) is 72.1 Å². The van der Waals surface area contributed by atoms with Crippen LogP contribution in [0.15, 0.2) is 42.5 Å². The summed E-state index contributed by atoms with van der Waals surface area (Å²) in [4.78, 5) is 53.5. The van der Waals surface area contributed by atoms with E-state index in [1.165, 1.54) is 4.90 Å². The van der Waals surface area contributed by atoms with E-state index in [4.69, 9.17) is 22.1 Å². The number of ether oxygens (including phenoxy) is 1. The van der Waals surface area contributed by atoms with Crippen molar-refractivity contribution in [2.24, 2.45) is 5.73 Å². The van der Waals surface area contributed by atoms with Gasteiger partial charge in [0.25, 0.3) is 5.91 Å². The summed E-state index contributed by atoms with van der Waals surface area (Å²) in [5.41, 5.74) is 7.21. The average molecular weight is 545 g/mol. The fraction of sp³-hybridized carbons (Fsp3) is 0.429. The van der Waals surface area contributed by atoms with E-state index in [1.807, 2.05) is 39.0 Å². The lowest BCUT2D eigenvalue weighted by atomic mass is 9.99. The van der Waals surface area contributed by atoms with Crippen molar-refractivity contribution >= 4 is 41.1 Å². The van der Waals surface area contributed by atoms with E-state index in [0.717, 1.165) is 11.1 Å². The molecule has 2 aromatic carbocycles. The number of nitrogens with two attached hydrogens (primary N) is 1. The van der Waals surface area contributed by atoms with Crippen LogP contribution < -0.4 is 16.4 Å². The fourth-order valence-electron chi connectivity index (χ4n) is 3.95. The smallest absolute Gasteiger partial charge is 0.408 e. The number of alkyl carbamates (subject to hydrolysis) is 1. The zero-order valence-corrected chi connectivity index (χ0v) is 23.5. The maximum atomic E-state index is 13.9. The predicted octanol–water partition coefficient (Wildman–Crippen LogP) is 4.64. The molecule has 2 rings (SSSR count). The van der Waals surface area contributed by atoms with Gasteiger partial charge in [0.1, 0.15) is 17.7 Å². The number of hydrogen-bond donors (Lipinski definition) is 3. The van der Waals surface area contributed by atoms with Crippen molar-refractivity contribution in [3.05, 3.63) is 64.2 Å². The molecule has 0 bridgehead atoms. The minimum absolute atomic E-state index is 0.164. The SMILES string of the molecule is CCCN(C(=O)C(CC(N)=O)NC(=O)OC(C)(C)C)C(C(=O)Nc1c(C)cccc1Cl)c1cccc(C)c1. The van der Waals surface area contributed by atoms with Crippen LogP contribution in [-0.2, 0) is 19.1 Å². The molecule has 0 spiro atoms. The lowest BCUT2D eigenvalue weighted by molar-refractivity contribution is -0.141. The van der Waals surface area contributed by atoms with Crippen molar-refractivity contribution in [1.82, 2.24) is 10.2 Å². The first-order valence-electron chi connectivity index (χ1n) is 12.4. The van der Waals surface area contributed by atoms with Gasteiger partial charge in [0.2, 0.25) is 11.8 Å². The summed E-state index contributed by atoms with van der Waals surface area (Å²) in [6.45, 7) is 10.7. The number of halogens is 1. The summed E-state index contributed by atoms with van der Waals surface area (Å²) in [7, 11) is 0. The van der Waals surface area contributed by atoms with Gasteiger partial charge in [-0.1, -0.05) is 60.5 Å². The number of carbonyl (C=O) groups excluding carboxylic acids is 4. The third kappa shape index (κ3) is 8.76. The van der Waals surface area contributed by atoms with Crippen LogP contribution in [0.1, 0.15) is 63.3 Å². The molecule has 2 atom stereocenters. The second kappa shape index (κ2) is 13.3. The Morgan fingerprint density at radius 3 is 2.29 bits per heavy atom. The first-order chi connectivity index (χ1) is 17.7. The minimum Gasteiger partial charge on any atom is -0.444 e. The number of nitrogens with one attached hydrogen (secondary N) is 2. The molecule has 0 fully saturated rings. The van der Waals surface area contributed by atoms with Crippen LogP contribution >= 0.6 is 11.6 Å². The van der Waals surface area contributed by atoms with E-state index < -0.39 is 47.9 Å². The molecule has 2 unspecified atom stereocenters.